The summed E-state index contributed by atoms with van der Waals surface area (Å²) in [6.07, 6.45) is 4.26. The van der Waals surface area contributed by atoms with Crippen molar-refractivity contribution in [3.63, 3.8) is 0 Å². The third kappa shape index (κ3) is 2.46. The Hall–Kier alpha value is -0.0800. The molecule has 11 heavy (non-hydrogen) atoms. The van der Waals surface area contributed by atoms with Gasteiger partial charge in [-0.15, -0.1) is 0 Å². The quantitative estimate of drug-likeness (QED) is 0.669. The minimum absolute atomic E-state index is 0.475. The van der Waals surface area contributed by atoms with E-state index in [2.05, 4.69) is 12.2 Å². The highest BCUT2D eigenvalue weighted by atomic mass is 16.5. The summed E-state index contributed by atoms with van der Waals surface area (Å²) in [6, 6.07) is 0. The molecule has 0 spiro atoms. The fourth-order valence-electron chi connectivity index (χ4n) is 1.89. The summed E-state index contributed by atoms with van der Waals surface area (Å²) in [5.74, 6) is 0.749. The van der Waals surface area contributed by atoms with E-state index in [-0.39, 0.29) is 0 Å². The molecule has 0 saturated carbocycles. The summed E-state index contributed by atoms with van der Waals surface area (Å²) >= 11 is 0. The number of ether oxygens (including phenoxy) is 1. The van der Waals surface area contributed by atoms with Gasteiger partial charge >= 0.3 is 0 Å². The van der Waals surface area contributed by atoms with Crippen LogP contribution in [0.25, 0.3) is 0 Å². The van der Waals surface area contributed by atoms with Crippen molar-refractivity contribution in [3.05, 3.63) is 0 Å². The third-order valence-electron chi connectivity index (χ3n) is 2.57. The van der Waals surface area contributed by atoms with Gasteiger partial charge in [0.25, 0.3) is 0 Å². The van der Waals surface area contributed by atoms with Crippen LogP contribution in [0.1, 0.15) is 26.2 Å². The molecule has 1 fully saturated rings. The molecule has 2 nitrogen and oxygen atoms in total. The Morgan fingerprint density at radius 1 is 1.64 bits per heavy atom. The fraction of sp³-hybridized carbons (Fsp3) is 1.00. The lowest BCUT2D eigenvalue weighted by Gasteiger charge is -2.28. The Kier molecular flexibility index (Phi) is 3.87. The van der Waals surface area contributed by atoms with Crippen molar-refractivity contribution in [2.24, 2.45) is 5.92 Å². The number of nitrogens with one attached hydrogen (secondary N) is 1. The highest BCUT2D eigenvalue weighted by Crippen LogP contribution is 2.18. The molecule has 0 aromatic heterocycles. The van der Waals surface area contributed by atoms with Crippen LogP contribution < -0.4 is 5.32 Å². The maximum atomic E-state index is 5.40. The number of piperidine rings is 1. The lowest BCUT2D eigenvalue weighted by Crippen LogP contribution is -2.37. The van der Waals surface area contributed by atoms with Crippen molar-refractivity contribution >= 4 is 0 Å². The fourth-order valence-corrected chi connectivity index (χ4v) is 1.89. The van der Waals surface area contributed by atoms with Crippen LogP contribution in [0.3, 0.4) is 0 Å². The molecular weight excluding hydrogens is 138 g/mol. The van der Waals surface area contributed by atoms with Crippen LogP contribution in [-0.4, -0.2) is 26.3 Å². The molecule has 1 heterocycles. The van der Waals surface area contributed by atoms with Crippen molar-refractivity contribution in [3.8, 4) is 0 Å². The van der Waals surface area contributed by atoms with Gasteiger partial charge in [0.15, 0.2) is 0 Å². The van der Waals surface area contributed by atoms with E-state index in [0.717, 1.165) is 18.9 Å². The molecule has 0 bridgehead atoms. The summed E-state index contributed by atoms with van der Waals surface area (Å²) in [4.78, 5) is 0. The van der Waals surface area contributed by atoms with Gasteiger partial charge in [-0.2, -0.15) is 0 Å². The maximum absolute atomic E-state index is 5.40. The van der Waals surface area contributed by atoms with Crippen molar-refractivity contribution < 1.29 is 4.74 Å². The predicted octanol–water partition coefficient (Wildman–Crippen LogP) is 1.41. The van der Waals surface area contributed by atoms with E-state index >= 15 is 0 Å². The van der Waals surface area contributed by atoms with Crippen LogP contribution in [0.4, 0.5) is 0 Å². The van der Waals surface area contributed by atoms with E-state index in [1.165, 1.54) is 19.4 Å². The zero-order chi connectivity index (χ0) is 8.10. The van der Waals surface area contributed by atoms with Crippen LogP contribution in [0.2, 0.25) is 0 Å². The summed E-state index contributed by atoms with van der Waals surface area (Å²) in [6.45, 7) is 4.53. The zero-order valence-electron chi connectivity index (χ0n) is 7.60. The Morgan fingerprint density at radius 2 is 2.45 bits per heavy atom. The van der Waals surface area contributed by atoms with Gasteiger partial charge in [0, 0.05) is 13.7 Å². The molecule has 0 unspecified atom stereocenters. The first kappa shape index (κ1) is 9.01. The topological polar surface area (TPSA) is 21.3 Å². The van der Waals surface area contributed by atoms with Crippen molar-refractivity contribution in [1.82, 2.24) is 5.32 Å². The summed E-state index contributed by atoms with van der Waals surface area (Å²) in [5.41, 5.74) is 0. The second-order valence-corrected chi connectivity index (χ2v) is 3.29. The Morgan fingerprint density at radius 3 is 2.91 bits per heavy atom. The first-order valence-electron chi connectivity index (χ1n) is 4.62. The number of rotatable bonds is 3. The largest absolute Gasteiger partial charge is 0.381 e. The van der Waals surface area contributed by atoms with Crippen LogP contribution in [0, 0.1) is 5.92 Å². The molecule has 1 N–H and O–H groups in total. The molecule has 66 valence electrons. The highest BCUT2D eigenvalue weighted by Gasteiger charge is 2.21. The highest BCUT2D eigenvalue weighted by molar-refractivity contribution is 4.75. The maximum Gasteiger partial charge on any atom is 0.0609 e. The Labute approximate surface area is 69.3 Å². The van der Waals surface area contributed by atoms with E-state index < -0.39 is 0 Å². The van der Waals surface area contributed by atoms with Crippen LogP contribution in [-0.2, 0) is 4.74 Å². The van der Waals surface area contributed by atoms with Crippen LogP contribution >= 0.6 is 0 Å². The lowest BCUT2D eigenvalue weighted by atomic mass is 9.92. The molecule has 0 aromatic carbocycles. The zero-order valence-corrected chi connectivity index (χ0v) is 7.60. The van der Waals surface area contributed by atoms with Crippen molar-refractivity contribution in [2.45, 2.75) is 32.3 Å². The minimum Gasteiger partial charge on any atom is -0.381 e. The van der Waals surface area contributed by atoms with Crippen LogP contribution in [0.5, 0.6) is 0 Å². The molecule has 1 saturated heterocycles. The van der Waals surface area contributed by atoms with Gasteiger partial charge in [0.2, 0.25) is 0 Å². The molecule has 2 atom stereocenters. The van der Waals surface area contributed by atoms with E-state index in [4.69, 9.17) is 4.74 Å². The Balaban J connectivity index is 2.30. The molecule has 1 aliphatic heterocycles. The standard InChI is InChI=1S/C9H19NO/c1-3-9(11-2)8-5-4-6-10-7-8/h8-10H,3-7H2,1-2H3/t8-,9+/m0/s1. The van der Waals surface area contributed by atoms with Crippen molar-refractivity contribution in [1.29, 1.82) is 0 Å². The average Bonchev–Trinajstić information content (AvgIpc) is 2.09. The number of hydrogen-bond donors (Lipinski definition) is 1. The lowest BCUT2D eigenvalue weighted by molar-refractivity contribution is 0.0393. The SMILES string of the molecule is CC[C@@H](OC)[C@H]1CCCNC1. The van der Waals surface area contributed by atoms with Gasteiger partial charge in [-0.1, -0.05) is 6.92 Å². The van der Waals surface area contributed by atoms with Gasteiger partial charge in [0.05, 0.1) is 6.10 Å². The van der Waals surface area contributed by atoms with Gasteiger partial charge in [0.1, 0.15) is 0 Å². The molecule has 0 aliphatic carbocycles. The summed E-state index contributed by atoms with van der Waals surface area (Å²) in [7, 11) is 1.82. The van der Waals surface area contributed by atoms with Crippen LogP contribution in [0.15, 0.2) is 0 Å². The molecule has 1 aliphatic rings. The van der Waals surface area contributed by atoms with E-state index in [0.29, 0.717) is 6.10 Å². The second-order valence-electron chi connectivity index (χ2n) is 3.29. The number of hydrogen-bond acceptors (Lipinski definition) is 2. The van der Waals surface area contributed by atoms with Gasteiger partial charge < -0.3 is 10.1 Å². The number of methoxy groups -OCH3 is 1. The first-order chi connectivity index (χ1) is 5.38. The molecule has 0 amide bonds. The van der Waals surface area contributed by atoms with Gasteiger partial charge in [-0.25, -0.2) is 0 Å². The smallest absolute Gasteiger partial charge is 0.0609 e. The van der Waals surface area contributed by atoms with Crippen molar-refractivity contribution in [2.75, 3.05) is 20.2 Å². The second kappa shape index (κ2) is 4.73. The summed E-state index contributed by atoms with van der Waals surface area (Å²) in [5, 5.41) is 3.40. The third-order valence-corrected chi connectivity index (χ3v) is 2.57. The molecular formula is C9H19NO. The van der Waals surface area contributed by atoms with E-state index in [9.17, 15) is 0 Å². The first-order valence-corrected chi connectivity index (χ1v) is 4.62. The predicted molar refractivity (Wildman–Crippen MR) is 46.7 cm³/mol. The van der Waals surface area contributed by atoms with Gasteiger partial charge in [-0.3, -0.25) is 0 Å². The average molecular weight is 157 g/mol. The monoisotopic (exact) mass is 157 g/mol. The summed E-state index contributed by atoms with van der Waals surface area (Å²) < 4.78 is 5.40. The molecule has 0 radical (unpaired) electrons. The normalized spacial score (nSPS) is 28.4. The Bertz CT molecular complexity index is 95.7. The van der Waals surface area contributed by atoms with E-state index in [1.54, 1.807) is 0 Å². The van der Waals surface area contributed by atoms with E-state index in [1.807, 2.05) is 7.11 Å². The molecule has 0 aromatic rings. The molecule has 2 heteroatoms. The molecule has 1 rings (SSSR count). The minimum atomic E-state index is 0.475. The van der Waals surface area contributed by atoms with Gasteiger partial charge in [-0.05, 0) is 31.7 Å².